The van der Waals surface area contributed by atoms with Gasteiger partial charge < -0.3 is 40.3 Å². The zero-order valence-corrected chi connectivity index (χ0v) is 46.9. The minimum Gasteiger partial charge on any atom is -0.394 e. The normalized spacial score (nSPS) is 19.7. The number of carbonyl (C=O) groups is 1. The topological polar surface area (TPSA) is 149 Å². The summed E-state index contributed by atoms with van der Waals surface area (Å²) in [5, 5.41) is 54.6. The molecule has 1 aliphatic heterocycles. The van der Waals surface area contributed by atoms with Gasteiger partial charge in [0.25, 0.3) is 0 Å². The van der Waals surface area contributed by atoms with Gasteiger partial charge in [0.05, 0.1) is 25.4 Å². The van der Waals surface area contributed by atoms with Crippen molar-refractivity contribution in [2.75, 3.05) is 13.2 Å². The third kappa shape index (κ3) is 42.2. The summed E-state index contributed by atoms with van der Waals surface area (Å²) in [5.74, 6) is -0.199. The van der Waals surface area contributed by atoms with E-state index in [-0.39, 0.29) is 12.5 Å². The van der Waals surface area contributed by atoms with Crippen molar-refractivity contribution in [2.45, 2.75) is 301 Å². The molecule has 1 rings (SSSR count). The molecular formula is C64H113NO8. The summed E-state index contributed by atoms with van der Waals surface area (Å²) >= 11 is 0. The van der Waals surface area contributed by atoms with Crippen LogP contribution in [0.5, 0.6) is 0 Å². The fraction of sp³-hybridized carbons (Fsp3) is 0.766. The van der Waals surface area contributed by atoms with Crippen molar-refractivity contribution in [1.29, 1.82) is 0 Å². The molecule has 1 saturated heterocycles. The van der Waals surface area contributed by atoms with E-state index in [2.05, 4.69) is 92.1 Å². The van der Waals surface area contributed by atoms with E-state index in [1.54, 1.807) is 6.08 Å². The largest absolute Gasteiger partial charge is 0.394 e. The number of allylic oxidation sites excluding steroid dienone is 13. The van der Waals surface area contributed by atoms with E-state index in [1.165, 1.54) is 154 Å². The lowest BCUT2D eigenvalue weighted by molar-refractivity contribution is -0.302. The Morgan fingerprint density at radius 3 is 1.32 bits per heavy atom. The molecule has 0 bridgehead atoms. The molecule has 1 amide bonds. The molecule has 1 heterocycles. The Labute approximate surface area is 448 Å². The van der Waals surface area contributed by atoms with Crippen LogP contribution in [0.3, 0.4) is 0 Å². The smallest absolute Gasteiger partial charge is 0.220 e. The highest BCUT2D eigenvalue weighted by Crippen LogP contribution is 2.23. The zero-order valence-electron chi connectivity index (χ0n) is 46.9. The lowest BCUT2D eigenvalue weighted by Gasteiger charge is -2.40. The molecule has 7 unspecified atom stereocenters. The monoisotopic (exact) mass is 1020 g/mol. The molecule has 422 valence electrons. The van der Waals surface area contributed by atoms with Crippen LogP contribution < -0.4 is 5.32 Å². The number of aliphatic hydroxyl groups excluding tert-OH is 5. The Kier molecular flexibility index (Phi) is 49.5. The number of amides is 1. The van der Waals surface area contributed by atoms with Gasteiger partial charge in [-0.3, -0.25) is 4.79 Å². The summed E-state index contributed by atoms with van der Waals surface area (Å²) in [5.41, 5.74) is 0. The van der Waals surface area contributed by atoms with Crippen LogP contribution in [-0.4, -0.2) is 87.5 Å². The Morgan fingerprint density at radius 2 is 0.863 bits per heavy atom. The predicted molar refractivity (Wildman–Crippen MR) is 308 cm³/mol. The number of hydrogen-bond donors (Lipinski definition) is 6. The van der Waals surface area contributed by atoms with Gasteiger partial charge in [-0.15, -0.1) is 0 Å². The lowest BCUT2D eigenvalue weighted by atomic mass is 9.99. The van der Waals surface area contributed by atoms with Crippen molar-refractivity contribution in [3.63, 3.8) is 0 Å². The maximum atomic E-state index is 13.1. The van der Waals surface area contributed by atoms with Crippen LogP contribution in [0.25, 0.3) is 0 Å². The van der Waals surface area contributed by atoms with Gasteiger partial charge in [0.2, 0.25) is 5.91 Å². The predicted octanol–water partition coefficient (Wildman–Crippen LogP) is 15.4. The number of ether oxygens (including phenoxy) is 2. The summed E-state index contributed by atoms with van der Waals surface area (Å²) in [6.45, 7) is 3.66. The maximum absolute atomic E-state index is 13.1. The first-order chi connectivity index (χ1) is 35.8. The van der Waals surface area contributed by atoms with Crippen molar-refractivity contribution in [2.24, 2.45) is 0 Å². The molecule has 0 radical (unpaired) electrons. The first-order valence-electron chi connectivity index (χ1n) is 30.3. The van der Waals surface area contributed by atoms with Crippen molar-refractivity contribution < 1.29 is 39.8 Å². The van der Waals surface area contributed by atoms with Crippen LogP contribution in [0.15, 0.2) is 85.1 Å². The summed E-state index contributed by atoms with van der Waals surface area (Å²) in [4.78, 5) is 13.1. The standard InChI is InChI=1S/C64H113NO8/c1-3-5-7-9-11-13-15-17-19-21-23-25-27-28-29-30-32-33-35-37-39-41-43-45-47-49-51-53-58(67)57(56-72-64-63(71)62(70)61(69)59(55-66)73-64)65-60(68)54-52-50-48-46-44-42-40-38-36-34-31-26-24-22-20-18-16-14-12-10-8-6-4-2/h6,8,12,14,18,20,24,26,34,36,43,45,51,53,57-59,61-64,66-67,69-71H,3-5,7,9-11,13,15-17,19,21-23,25,27-33,35,37-42,44,46-50,52,54-56H2,1-2H3,(H,65,68)/b8-6-,14-12-,20-18-,26-24-,36-34-,45-43+,53-51+. The fourth-order valence-electron chi connectivity index (χ4n) is 9.20. The molecule has 0 aliphatic carbocycles. The first kappa shape index (κ1) is 68.4. The number of nitrogens with one attached hydrogen (secondary N) is 1. The van der Waals surface area contributed by atoms with Crippen LogP contribution >= 0.6 is 0 Å². The highest BCUT2D eigenvalue weighted by atomic mass is 16.7. The second kappa shape index (κ2) is 52.8. The Hall–Kier alpha value is -2.63. The molecular weight excluding hydrogens is 911 g/mol. The third-order valence-electron chi connectivity index (χ3n) is 14.0. The molecule has 1 fully saturated rings. The summed E-state index contributed by atoms with van der Waals surface area (Å²) in [6.07, 6.45) is 68.0. The van der Waals surface area contributed by atoms with Crippen molar-refractivity contribution in [3.8, 4) is 0 Å². The number of carbonyl (C=O) groups excluding carboxylic acids is 1. The highest BCUT2D eigenvalue weighted by molar-refractivity contribution is 5.76. The molecule has 73 heavy (non-hydrogen) atoms. The van der Waals surface area contributed by atoms with E-state index in [1.807, 2.05) is 6.08 Å². The van der Waals surface area contributed by atoms with E-state index in [0.29, 0.717) is 6.42 Å². The van der Waals surface area contributed by atoms with E-state index in [9.17, 15) is 30.3 Å². The maximum Gasteiger partial charge on any atom is 0.220 e. The van der Waals surface area contributed by atoms with Gasteiger partial charge in [0.1, 0.15) is 24.4 Å². The Balaban J connectivity index is 2.25. The molecule has 0 spiro atoms. The molecule has 0 aromatic carbocycles. The summed E-state index contributed by atoms with van der Waals surface area (Å²) in [6, 6.07) is -0.835. The highest BCUT2D eigenvalue weighted by Gasteiger charge is 2.44. The first-order valence-corrected chi connectivity index (χ1v) is 30.3. The molecule has 7 atom stereocenters. The van der Waals surface area contributed by atoms with Gasteiger partial charge in [-0.1, -0.05) is 259 Å². The number of hydrogen-bond acceptors (Lipinski definition) is 8. The molecule has 9 heteroatoms. The minimum absolute atomic E-state index is 0.199. The SMILES string of the molecule is CC/C=C\C/C=C\C/C=C\C/C=C\C/C=C\CCCCCCCCCC(=O)NC(COC1OC(CO)C(O)C(O)C1O)C(O)/C=C/CC/C=C/CCCCCCCCCCCCCCCCCCCCCCC. The average Bonchev–Trinajstić information content (AvgIpc) is 3.39. The van der Waals surface area contributed by atoms with E-state index in [0.717, 1.165) is 83.5 Å². The van der Waals surface area contributed by atoms with E-state index in [4.69, 9.17) is 9.47 Å². The van der Waals surface area contributed by atoms with Crippen LogP contribution in [0, 0.1) is 0 Å². The summed E-state index contributed by atoms with van der Waals surface area (Å²) < 4.78 is 11.3. The van der Waals surface area contributed by atoms with E-state index >= 15 is 0 Å². The van der Waals surface area contributed by atoms with E-state index < -0.39 is 49.5 Å². The average molecular weight is 1020 g/mol. The van der Waals surface area contributed by atoms with Crippen molar-refractivity contribution in [3.05, 3.63) is 85.1 Å². The van der Waals surface area contributed by atoms with Gasteiger partial charge in [0, 0.05) is 6.42 Å². The molecule has 0 aromatic heterocycles. The zero-order chi connectivity index (χ0) is 52.9. The Bertz CT molecular complexity index is 1420. The molecule has 9 nitrogen and oxygen atoms in total. The molecule has 0 aromatic rings. The quantitative estimate of drug-likeness (QED) is 0.0261. The minimum atomic E-state index is -1.58. The van der Waals surface area contributed by atoms with Crippen molar-refractivity contribution >= 4 is 5.91 Å². The summed E-state index contributed by atoms with van der Waals surface area (Å²) in [7, 11) is 0. The molecule has 0 saturated carbocycles. The number of rotatable bonds is 51. The van der Waals surface area contributed by atoms with Gasteiger partial charge >= 0.3 is 0 Å². The lowest BCUT2D eigenvalue weighted by Crippen LogP contribution is -2.60. The second-order valence-electron chi connectivity index (χ2n) is 20.8. The molecule has 6 N–H and O–H groups in total. The van der Waals surface area contributed by atoms with Crippen LogP contribution in [0.2, 0.25) is 0 Å². The Morgan fingerprint density at radius 1 is 0.479 bits per heavy atom. The van der Waals surface area contributed by atoms with Crippen LogP contribution in [-0.2, 0) is 14.3 Å². The molecule has 1 aliphatic rings. The van der Waals surface area contributed by atoms with Gasteiger partial charge in [-0.05, 0) is 77.0 Å². The van der Waals surface area contributed by atoms with Gasteiger partial charge in [-0.2, -0.15) is 0 Å². The van der Waals surface area contributed by atoms with Gasteiger partial charge in [0.15, 0.2) is 6.29 Å². The van der Waals surface area contributed by atoms with Crippen LogP contribution in [0.4, 0.5) is 0 Å². The second-order valence-corrected chi connectivity index (χ2v) is 20.8. The fourth-order valence-corrected chi connectivity index (χ4v) is 9.20. The van der Waals surface area contributed by atoms with Crippen LogP contribution in [0.1, 0.15) is 258 Å². The van der Waals surface area contributed by atoms with Gasteiger partial charge in [-0.25, -0.2) is 0 Å². The van der Waals surface area contributed by atoms with Crippen molar-refractivity contribution in [1.82, 2.24) is 5.32 Å². The number of aliphatic hydroxyl groups is 5. The third-order valence-corrected chi connectivity index (χ3v) is 14.0. The number of unbranched alkanes of at least 4 members (excludes halogenated alkanes) is 29.